The van der Waals surface area contributed by atoms with E-state index in [1.54, 1.807) is 0 Å². The molecule has 1 aliphatic heterocycles. The molecule has 1 aliphatic rings. The summed E-state index contributed by atoms with van der Waals surface area (Å²) in [6.45, 7) is 4.31. The van der Waals surface area contributed by atoms with Crippen molar-refractivity contribution in [2.75, 3.05) is 19.7 Å². The lowest BCUT2D eigenvalue weighted by Crippen LogP contribution is -2.50. The van der Waals surface area contributed by atoms with Crippen LogP contribution in [0.15, 0.2) is 0 Å². The first-order valence-electron chi connectivity index (χ1n) is 4.64. The van der Waals surface area contributed by atoms with Crippen LogP contribution in [0.25, 0.3) is 0 Å². The zero-order valence-electron chi connectivity index (χ0n) is 7.64. The first-order chi connectivity index (χ1) is 5.83. The van der Waals surface area contributed by atoms with Crippen LogP contribution in [0.3, 0.4) is 0 Å². The number of aldehydes is 1. The van der Waals surface area contributed by atoms with Gasteiger partial charge in [-0.1, -0.05) is 19.8 Å². The monoisotopic (exact) mass is 171 g/mol. The van der Waals surface area contributed by atoms with Gasteiger partial charge >= 0.3 is 0 Å². The number of carbonyl (C=O) groups excluding carboxylic acids is 1. The van der Waals surface area contributed by atoms with Crippen LogP contribution in [0.1, 0.15) is 26.2 Å². The summed E-state index contributed by atoms with van der Waals surface area (Å²) in [5.41, 5.74) is -0.520. The molecule has 70 valence electrons. The van der Waals surface area contributed by atoms with Gasteiger partial charge in [-0.3, -0.25) is 0 Å². The summed E-state index contributed by atoms with van der Waals surface area (Å²) in [6, 6.07) is 0. The van der Waals surface area contributed by atoms with E-state index in [1.165, 1.54) is 0 Å². The zero-order chi connectivity index (χ0) is 8.86. The molecule has 1 unspecified atom stereocenters. The predicted molar refractivity (Wildman–Crippen MR) is 47.1 cm³/mol. The summed E-state index contributed by atoms with van der Waals surface area (Å²) >= 11 is 0. The van der Waals surface area contributed by atoms with E-state index in [1.807, 2.05) is 0 Å². The fraction of sp³-hybridized carbons (Fsp3) is 0.889. The molecule has 0 saturated carbocycles. The fourth-order valence-electron chi connectivity index (χ4n) is 1.45. The second-order valence-electron chi connectivity index (χ2n) is 3.31. The number of rotatable bonds is 4. The molecule has 1 heterocycles. The van der Waals surface area contributed by atoms with Crippen molar-refractivity contribution in [3.05, 3.63) is 0 Å². The maximum atomic E-state index is 10.8. The highest BCUT2D eigenvalue weighted by atomic mass is 16.5. The van der Waals surface area contributed by atoms with Gasteiger partial charge in [-0.05, 0) is 6.42 Å². The van der Waals surface area contributed by atoms with E-state index in [2.05, 4.69) is 12.2 Å². The molecule has 3 nitrogen and oxygen atoms in total. The highest BCUT2D eigenvalue weighted by Crippen LogP contribution is 2.18. The predicted octanol–water partition coefficient (Wildman–Crippen LogP) is 0.734. The van der Waals surface area contributed by atoms with Gasteiger partial charge in [0.25, 0.3) is 0 Å². The standard InChI is InChI=1S/C9H17NO2/c1-2-3-4-9(8-11)7-10-5-6-12-9/h8,10H,2-7H2,1H3. The lowest BCUT2D eigenvalue weighted by atomic mass is 9.97. The Hall–Kier alpha value is -0.410. The van der Waals surface area contributed by atoms with Crippen LogP contribution in [-0.4, -0.2) is 31.6 Å². The van der Waals surface area contributed by atoms with Crippen molar-refractivity contribution in [2.45, 2.75) is 31.8 Å². The molecule has 0 aromatic carbocycles. The first-order valence-corrected chi connectivity index (χ1v) is 4.64. The molecule has 12 heavy (non-hydrogen) atoms. The molecule has 1 atom stereocenters. The quantitative estimate of drug-likeness (QED) is 0.634. The SMILES string of the molecule is CCCCC1(C=O)CNCCO1. The average molecular weight is 171 g/mol. The average Bonchev–Trinajstić information content (AvgIpc) is 2.16. The highest BCUT2D eigenvalue weighted by Gasteiger charge is 2.31. The molecule has 0 aromatic heterocycles. The van der Waals surface area contributed by atoms with Crippen LogP contribution in [0.4, 0.5) is 0 Å². The summed E-state index contributed by atoms with van der Waals surface area (Å²) in [5.74, 6) is 0. The van der Waals surface area contributed by atoms with E-state index in [4.69, 9.17) is 4.74 Å². The highest BCUT2D eigenvalue weighted by molar-refractivity contribution is 5.63. The number of carbonyl (C=O) groups is 1. The van der Waals surface area contributed by atoms with Crippen molar-refractivity contribution >= 4 is 6.29 Å². The fourth-order valence-corrected chi connectivity index (χ4v) is 1.45. The third kappa shape index (κ3) is 2.29. The topological polar surface area (TPSA) is 38.3 Å². The molecule has 1 N–H and O–H groups in total. The van der Waals surface area contributed by atoms with Crippen LogP contribution in [-0.2, 0) is 9.53 Å². The van der Waals surface area contributed by atoms with Gasteiger partial charge in [-0.2, -0.15) is 0 Å². The summed E-state index contributed by atoms with van der Waals surface area (Å²) in [6.07, 6.45) is 3.97. The van der Waals surface area contributed by atoms with Crippen LogP contribution in [0, 0.1) is 0 Å². The number of hydrogen-bond donors (Lipinski definition) is 1. The number of unbranched alkanes of at least 4 members (excludes halogenated alkanes) is 1. The molecule has 0 aliphatic carbocycles. The molecule has 0 amide bonds. The molecule has 1 fully saturated rings. The smallest absolute Gasteiger partial charge is 0.153 e. The third-order valence-corrected chi connectivity index (χ3v) is 2.26. The molecule has 3 heteroatoms. The Balaban J connectivity index is 2.42. The van der Waals surface area contributed by atoms with Crippen LogP contribution in [0.5, 0.6) is 0 Å². The molecule has 0 radical (unpaired) electrons. The Morgan fingerprint density at radius 1 is 1.67 bits per heavy atom. The lowest BCUT2D eigenvalue weighted by Gasteiger charge is -2.32. The van der Waals surface area contributed by atoms with Crippen molar-refractivity contribution in [1.82, 2.24) is 5.32 Å². The molecular formula is C9H17NO2. The zero-order valence-corrected chi connectivity index (χ0v) is 7.64. The van der Waals surface area contributed by atoms with E-state index in [0.29, 0.717) is 13.2 Å². The van der Waals surface area contributed by atoms with Crippen molar-refractivity contribution < 1.29 is 9.53 Å². The Morgan fingerprint density at radius 3 is 3.00 bits per heavy atom. The molecule has 1 rings (SSSR count). The Kier molecular flexibility index (Phi) is 3.69. The van der Waals surface area contributed by atoms with Crippen LogP contribution in [0.2, 0.25) is 0 Å². The number of hydrogen-bond acceptors (Lipinski definition) is 3. The second kappa shape index (κ2) is 4.58. The normalized spacial score (nSPS) is 30.1. The minimum Gasteiger partial charge on any atom is -0.365 e. The van der Waals surface area contributed by atoms with Gasteiger partial charge < -0.3 is 14.8 Å². The first kappa shape index (κ1) is 9.68. The second-order valence-corrected chi connectivity index (χ2v) is 3.31. The lowest BCUT2D eigenvalue weighted by molar-refractivity contribution is -0.136. The van der Waals surface area contributed by atoms with Gasteiger partial charge in [0.15, 0.2) is 6.29 Å². The van der Waals surface area contributed by atoms with Crippen molar-refractivity contribution in [3.8, 4) is 0 Å². The van der Waals surface area contributed by atoms with Crippen LogP contribution >= 0.6 is 0 Å². The number of morpholine rings is 1. The summed E-state index contributed by atoms with van der Waals surface area (Å²) in [5, 5.41) is 3.18. The molecule has 0 spiro atoms. The van der Waals surface area contributed by atoms with Crippen LogP contribution < -0.4 is 5.32 Å². The minimum atomic E-state index is -0.520. The van der Waals surface area contributed by atoms with Gasteiger partial charge in [0, 0.05) is 13.1 Å². The van der Waals surface area contributed by atoms with E-state index in [-0.39, 0.29) is 0 Å². The van der Waals surface area contributed by atoms with Gasteiger partial charge in [-0.25, -0.2) is 0 Å². The molecular weight excluding hydrogens is 154 g/mol. The maximum absolute atomic E-state index is 10.8. The Labute approximate surface area is 73.5 Å². The van der Waals surface area contributed by atoms with Crippen molar-refractivity contribution in [3.63, 3.8) is 0 Å². The van der Waals surface area contributed by atoms with E-state index in [9.17, 15) is 4.79 Å². The Morgan fingerprint density at radius 2 is 2.50 bits per heavy atom. The van der Waals surface area contributed by atoms with Gasteiger partial charge in [0.05, 0.1) is 6.61 Å². The van der Waals surface area contributed by atoms with Gasteiger partial charge in [0.1, 0.15) is 5.60 Å². The summed E-state index contributed by atoms with van der Waals surface area (Å²) in [7, 11) is 0. The molecule has 0 bridgehead atoms. The molecule has 1 saturated heterocycles. The number of ether oxygens (including phenoxy) is 1. The van der Waals surface area contributed by atoms with E-state index in [0.717, 1.165) is 32.1 Å². The van der Waals surface area contributed by atoms with Crippen molar-refractivity contribution in [1.29, 1.82) is 0 Å². The molecule has 0 aromatic rings. The third-order valence-electron chi connectivity index (χ3n) is 2.26. The summed E-state index contributed by atoms with van der Waals surface area (Å²) in [4.78, 5) is 10.8. The van der Waals surface area contributed by atoms with E-state index >= 15 is 0 Å². The Bertz CT molecular complexity index is 141. The van der Waals surface area contributed by atoms with E-state index < -0.39 is 5.60 Å². The minimum absolute atomic E-state index is 0.520. The van der Waals surface area contributed by atoms with Crippen molar-refractivity contribution in [2.24, 2.45) is 0 Å². The summed E-state index contributed by atoms with van der Waals surface area (Å²) < 4.78 is 5.49. The maximum Gasteiger partial charge on any atom is 0.153 e. The number of nitrogens with one attached hydrogen (secondary N) is 1. The van der Waals surface area contributed by atoms with Gasteiger partial charge in [0.2, 0.25) is 0 Å². The van der Waals surface area contributed by atoms with Gasteiger partial charge in [-0.15, -0.1) is 0 Å². The largest absolute Gasteiger partial charge is 0.365 e.